The second kappa shape index (κ2) is 8.98. The van der Waals surface area contributed by atoms with Crippen LogP contribution in [-0.2, 0) is 9.59 Å². The second-order valence-electron chi connectivity index (χ2n) is 3.99. The smallest absolute Gasteiger partial charge is 0.234 e. The molecule has 0 rings (SSSR count). The number of carbonyl (C=O) groups is 2. The SMILES string of the molecule is CCC(NCCCC(=O)N(CC)CC)C(N)=O. The molecule has 1 atom stereocenters. The molecule has 0 aliphatic carbocycles. The fourth-order valence-corrected chi connectivity index (χ4v) is 1.70. The molecule has 5 nitrogen and oxygen atoms in total. The maximum atomic E-state index is 11.7. The summed E-state index contributed by atoms with van der Waals surface area (Å²) in [5, 5.41) is 3.05. The third-order valence-electron chi connectivity index (χ3n) is 2.83. The topological polar surface area (TPSA) is 75.4 Å². The van der Waals surface area contributed by atoms with E-state index in [0.717, 1.165) is 19.5 Å². The summed E-state index contributed by atoms with van der Waals surface area (Å²) >= 11 is 0. The zero-order valence-electron chi connectivity index (χ0n) is 11.2. The summed E-state index contributed by atoms with van der Waals surface area (Å²) in [5.74, 6) is -0.161. The van der Waals surface area contributed by atoms with Gasteiger partial charge in [0.2, 0.25) is 11.8 Å². The zero-order chi connectivity index (χ0) is 13.3. The minimum Gasteiger partial charge on any atom is -0.368 e. The molecular weight excluding hydrogens is 218 g/mol. The third kappa shape index (κ3) is 6.26. The average Bonchev–Trinajstić information content (AvgIpc) is 2.30. The second-order valence-corrected chi connectivity index (χ2v) is 3.99. The molecule has 0 aliphatic rings. The Hall–Kier alpha value is -1.10. The van der Waals surface area contributed by atoms with Gasteiger partial charge in [0.1, 0.15) is 0 Å². The van der Waals surface area contributed by atoms with Crippen LogP contribution in [0.4, 0.5) is 0 Å². The van der Waals surface area contributed by atoms with Gasteiger partial charge < -0.3 is 16.0 Å². The van der Waals surface area contributed by atoms with Crippen LogP contribution in [0.1, 0.15) is 40.0 Å². The third-order valence-corrected chi connectivity index (χ3v) is 2.83. The number of nitrogens with zero attached hydrogens (tertiary/aromatic N) is 1. The van der Waals surface area contributed by atoms with Gasteiger partial charge in [0, 0.05) is 19.5 Å². The van der Waals surface area contributed by atoms with E-state index in [-0.39, 0.29) is 17.9 Å². The molecule has 0 aromatic heterocycles. The number of nitrogens with one attached hydrogen (secondary N) is 1. The van der Waals surface area contributed by atoms with Crippen molar-refractivity contribution >= 4 is 11.8 Å². The fourth-order valence-electron chi connectivity index (χ4n) is 1.70. The van der Waals surface area contributed by atoms with Crippen LogP contribution in [0.5, 0.6) is 0 Å². The van der Waals surface area contributed by atoms with Crippen LogP contribution in [0.15, 0.2) is 0 Å². The molecule has 1 unspecified atom stereocenters. The summed E-state index contributed by atoms with van der Waals surface area (Å²) in [6.45, 7) is 8.00. The Balaban J connectivity index is 3.77. The van der Waals surface area contributed by atoms with Gasteiger partial charge in [-0.15, -0.1) is 0 Å². The minimum atomic E-state index is -0.331. The van der Waals surface area contributed by atoms with Crippen molar-refractivity contribution in [2.45, 2.75) is 46.1 Å². The highest BCUT2D eigenvalue weighted by atomic mass is 16.2. The molecule has 0 aromatic rings. The molecule has 0 fully saturated rings. The summed E-state index contributed by atoms with van der Waals surface area (Å²) in [5.41, 5.74) is 5.20. The van der Waals surface area contributed by atoms with Gasteiger partial charge in [-0.3, -0.25) is 9.59 Å². The monoisotopic (exact) mass is 243 g/mol. The van der Waals surface area contributed by atoms with Gasteiger partial charge in [-0.2, -0.15) is 0 Å². The highest BCUT2D eigenvalue weighted by molar-refractivity contribution is 5.79. The number of rotatable bonds is 9. The van der Waals surface area contributed by atoms with E-state index in [4.69, 9.17) is 5.73 Å². The van der Waals surface area contributed by atoms with Crippen LogP contribution < -0.4 is 11.1 Å². The highest BCUT2D eigenvalue weighted by Gasteiger charge is 2.12. The molecule has 0 heterocycles. The molecule has 17 heavy (non-hydrogen) atoms. The molecule has 0 spiro atoms. The van der Waals surface area contributed by atoms with Crippen molar-refractivity contribution in [3.63, 3.8) is 0 Å². The first-order valence-electron chi connectivity index (χ1n) is 6.37. The summed E-state index contributed by atoms with van der Waals surface area (Å²) in [4.78, 5) is 24.4. The highest BCUT2D eigenvalue weighted by Crippen LogP contribution is 1.98. The molecule has 0 radical (unpaired) electrons. The number of primary amides is 1. The number of nitrogens with two attached hydrogens (primary N) is 1. The maximum absolute atomic E-state index is 11.7. The molecule has 0 aromatic carbocycles. The summed E-state index contributed by atoms with van der Waals surface area (Å²) in [6, 6.07) is -0.279. The van der Waals surface area contributed by atoms with Gasteiger partial charge in [0.05, 0.1) is 6.04 Å². The van der Waals surface area contributed by atoms with Crippen molar-refractivity contribution in [3.8, 4) is 0 Å². The lowest BCUT2D eigenvalue weighted by molar-refractivity contribution is -0.130. The Morgan fingerprint density at radius 2 is 1.82 bits per heavy atom. The Labute approximate surface area is 104 Å². The zero-order valence-corrected chi connectivity index (χ0v) is 11.2. The lowest BCUT2D eigenvalue weighted by Crippen LogP contribution is -2.41. The molecule has 5 heteroatoms. The summed E-state index contributed by atoms with van der Waals surface area (Å²) in [6.07, 6.45) is 1.93. The number of hydrogen-bond donors (Lipinski definition) is 2. The molecule has 2 amide bonds. The number of hydrogen-bond acceptors (Lipinski definition) is 3. The fraction of sp³-hybridized carbons (Fsp3) is 0.833. The van der Waals surface area contributed by atoms with Crippen LogP contribution in [0.3, 0.4) is 0 Å². The number of carbonyl (C=O) groups excluding carboxylic acids is 2. The van der Waals surface area contributed by atoms with E-state index in [0.29, 0.717) is 19.4 Å². The van der Waals surface area contributed by atoms with E-state index in [2.05, 4.69) is 5.32 Å². The van der Waals surface area contributed by atoms with E-state index < -0.39 is 0 Å². The van der Waals surface area contributed by atoms with Crippen LogP contribution in [0.25, 0.3) is 0 Å². The average molecular weight is 243 g/mol. The number of amides is 2. The van der Waals surface area contributed by atoms with E-state index in [1.807, 2.05) is 25.7 Å². The van der Waals surface area contributed by atoms with E-state index in [1.54, 1.807) is 0 Å². The van der Waals surface area contributed by atoms with Crippen LogP contribution in [0.2, 0.25) is 0 Å². The predicted molar refractivity (Wildman–Crippen MR) is 68.4 cm³/mol. The lowest BCUT2D eigenvalue weighted by Gasteiger charge is -2.19. The molecular formula is C12H25N3O2. The van der Waals surface area contributed by atoms with Gasteiger partial charge in [0.25, 0.3) is 0 Å². The Morgan fingerprint density at radius 1 is 1.24 bits per heavy atom. The Bertz CT molecular complexity index is 240. The van der Waals surface area contributed by atoms with Gasteiger partial charge in [-0.05, 0) is 33.2 Å². The summed E-state index contributed by atoms with van der Waals surface area (Å²) in [7, 11) is 0. The van der Waals surface area contributed by atoms with Crippen molar-refractivity contribution < 1.29 is 9.59 Å². The van der Waals surface area contributed by atoms with Crippen LogP contribution in [0, 0.1) is 0 Å². The molecule has 0 saturated heterocycles. The van der Waals surface area contributed by atoms with Crippen molar-refractivity contribution in [1.29, 1.82) is 0 Å². The molecule has 0 bridgehead atoms. The van der Waals surface area contributed by atoms with Crippen molar-refractivity contribution in [2.75, 3.05) is 19.6 Å². The predicted octanol–water partition coefficient (Wildman–Crippen LogP) is 0.489. The normalized spacial score (nSPS) is 12.2. The molecule has 3 N–H and O–H groups in total. The Morgan fingerprint density at radius 3 is 2.24 bits per heavy atom. The van der Waals surface area contributed by atoms with Crippen molar-refractivity contribution in [1.82, 2.24) is 10.2 Å². The van der Waals surface area contributed by atoms with E-state index >= 15 is 0 Å². The van der Waals surface area contributed by atoms with Gasteiger partial charge in [0.15, 0.2) is 0 Å². The maximum Gasteiger partial charge on any atom is 0.234 e. The van der Waals surface area contributed by atoms with Crippen LogP contribution in [-0.4, -0.2) is 42.4 Å². The van der Waals surface area contributed by atoms with Crippen molar-refractivity contribution in [3.05, 3.63) is 0 Å². The molecule has 0 aliphatic heterocycles. The first-order chi connectivity index (χ1) is 8.06. The quantitative estimate of drug-likeness (QED) is 0.579. The molecule has 0 saturated carbocycles. The summed E-state index contributed by atoms with van der Waals surface area (Å²) < 4.78 is 0. The van der Waals surface area contributed by atoms with Gasteiger partial charge in [-0.1, -0.05) is 6.92 Å². The van der Waals surface area contributed by atoms with E-state index in [1.165, 1.54) is 0 Å². The van der Waals surface area contributed by atoms with Crippen LogP contribution >= 0.6 is 0 Å². The lowest BCUT2D eigenvalue weighted by atomic mass is 10.2. The standard InChI is InChI=1S/C12H25N3O2/c1-4-10(12(13)17)14-9-7-8-11(16)15(5-2)6-3/h10,14H,4-9H2,1-3H3,(H2,13,17). The van der Waals surface area contributed by atoms with Crippen molar-refractivity contribution in [2.24, 2.45) is 5.73 Å². The largest absolute Gasteiger partial charge is 0.368 e. The molecule has 100 valence electrons. The van der Waals surface area contributed by atoms with Gasteiger partial charge in [-0.25, -0.2) is 0 Å². The van der Waals surface area contributed by atoms with Gasteiger partial charge >= 0.3 is 0 Å². The first kappa shape index (κ1) is 15.9. The first-order valence-corrected chi connectivity index (χ1v) is 6.37. The Kier molecular flexibility index (Phi) is 8.40. The van der Waals surface area contributed by atoms with E-state index in [9.17, 15) is 9.59 Å². The minimum absolute atomic E-state index is 0.170.